The van der Waals surface area contributed by atoms with Crippen LogP contribution in [0.5, 0.6) is 0 Å². The first-order chi connectivity index (χ1) is 6.25. The van der Waals surface area contributed by atoms with E-state index >= 15 is 0 Å². The van der Waals surface area contributed by atoms with E-state index in [-0.39, 0.29) is 23.7 Å². The molecule has 4 rings (SSSR count). The van der Waals surface area contributed by atoms with Crippen LogP contribution in [-0.4, -0.2) is 11.6 Å². The molecule has 4 saturated carbocycles. The summed E-state index contributed by atoms with van der Waals surface area (Å²) in [6.07, 6.45) is 4.62. The van der Waals surface area contributed by atoms with Gasteiger partial charge in [-0.25, -0.2) is 0 Å². The Morgan fingerprint density at radius 2 is 1.08 bits per heavy atom. The third-order valence-electron chi connectivity index (χ3n) is 4.18. The topological polar surface area (TPSA) is 34.1 Å². The van der Waals surface area contributed by atoms with Gasteiger partial charge in [0.05, 0.1) is 0 Å². The molecule has 0 amide bonds. The number of ketones is 2. The minimum atomic E-state index is 0.250. The van der Waals surface area contributed by atoms with Crippen LogP contribution in [0.4, 0.5) is 0 Å². The molecule has 4 bridgehead atoms. The highest BCUT2D eigenvalue weighted by molar-refractivity contribution is 5.93. The predicted molar refractivity (Wildman–Crippen MR) is 47.1 cm³/mol. The van der Waals surface area contributed by atoms with Crippen molar-refractivity contribution in [1.29, 1.82) is 0 Å². The van der Waals surface area contributed by atoms with Gasteiger partial charge in [0, 0.05) is 23.7 Å². The van der Waals surface area contributed by atoms with Gasteiger partial charge in [0.15, 0.2) is 0 Å². The Labute approximate surface area is 77.7 Å². The Kier molecular flexibility index (Phi) is 1.44. The highest BCUT2D eigenvalue weighted by Crippen LogP contribution is 2.47. The Morgan fingerprint density at radius 1 is 0.692 bits per heavy atom. The van der Waals surface area contributed by atoms with E-state index in [1.54, 1.807) is 0 Å². The maximum Gasteiger partial charge on any atom is 0.139 e. The molecule has 0 heterocycles. The molecule has 2 heteroatoms. The van der Waals surface area contributed by atoms with Gasteiger partial charge in [0.25, 0.3) is 0 Å². The van der Waals surface area contributed by atoms with Crippen molar-refractivity contribution < 1.29 is 9.59 Å². The maximum atomic E-state index is 11.8. The van der Waals surface area contributed by atoms with Crippen LogP contribution in [-0.2, 0) is 9.59 Å². The molecule has 0 radical (unpaired) electrons. The molecule has 0 aromatic carbocycles. The molecular formula is C11H14O2. The third-order valence-corrected chi connectivity index (χ3v) is 4.18. The van der Waals surface area contributed by atoms with Gasteiger partial charge in [-0.3, -0.25) is 9.59 Å². The summed E-state index contributed by atoms with van der Waals surface area (Å²) in [6.45, 7) is 0. The second kappa shape index (κ2) is 2.43. The Hall–Kier alpha value is -0.660. The number of hydrogen-bond acceptors (Lipinski definition) is 2. The summed E-state index contributed by atoms with van der Waals surface area (Å²) in [6, 6.07) is 0. The van der Waals surface area contributed by atoms with Crippen molar-refractivity contribution >= 4 is 11.6 Å². The fourth-order valence-corrected chi connectivity index (χ4v) is 3.51. The molecule has 13 heavy (non-hydrogen) atoms. The summed E-state index contributed by atoms with van der Waals surface area (Å²) >= 11 is 0. The summed E-state index contributed by atoms with van der Waals surface area (Å²) in [7, 11) is 0. The lowest BCUT2D eigenvalue weighted by Crippen LogP contribution is -2.40. The maximum absolute atomic E-state index is 11.8. The van der Waals surface area contributed by atoms with E-state index in [9.17, 15) is 9.59 Å². The van der Waals surface area contributed by atoms with Crippen molar-refractivity contribution in [3.8, 4) is 0 Å². The first kappa shape index (κ1) is 7.72. The number of carbonyl (C=O) groups is 2. The van der Waals surface area contributed by atoms with E-state index in [4.69, 9.17) is 0 Å². The molecule has 0 spiro atoms. The number of hydrogen-bond donors (Lipinski definition) is 0. The Balaban J connectivity index is 2.02. The van der Waals surface area contributed by atoms with Crippen molar-refractivity contribution in [3.63, 3.8) is 0 Å². The van der Waals surface area contributed by atoms with Crippen LogP contribution in [0.3, 0.4) is 0 Å². The average molecular weight is 178 g/mol. The van der Waals surface area contributed by atoms with Crippen LogP contribution in [0.25, 0.3) is 0 Å². The van der Waals surface area contributed by atoms with Crippen LogP contribution in [0.1, 0.15) is 32.1 Å². The number of fused-ring (bicyclic) bond motifs is 1. The van der Waals surface area contributed by atoms with Crippen molar-refractivity contribution in [2.45, 2.75) is 32.1 Å². The highest BCUT2D eigenvalue weighted by atomic mass is 16.1. The Bertz CT molecular complexity index is 242. The summed E-state index contributed by atoms with van der Waals surface area (Å²) in [5.74, 6) is 1.97. The molecular weight excluding hydrogens is 164 g/mol. The van der Waals surface area contributed by atoms with E-state index in [2.05, 4.69) is 0 Å². The lowest BCUT2D eigenvalue weighted by molar-refractivity contribution is -0.139. The molecule has 4 atom stereocenters. The van der Waals surface area contributed by atoms with E-state index in [0.717, 1.165) is 32.1 Å². The minimum Gasteiger partial charge on any atom is -0.299 e. The van der Waals surface area contributed by atoms with Gasteiger partial charge < -0.3 is 0 Å². The summed E-state index contributed by atoms with van der Waals surface area (Å²) in [4.78, 5) is 23.6. The molecule has 0 N–H and O–H groups in total. The normalized spacial score (nSPS) is 48.3. The molecule has 0 aromatic rings. The van der Waals surface area contributed by atoms with Crippen molar-refractivity contribution in [3.05, 3.63) is 0 Å². The first-order valence-electron chi connectivity index (χ1n) is 5.33. The van der Waals surface area contributed by atoms with Crippen LogP contribution < -0.4 is 0 Å². The second-order valence-corrected chi connectivity index (χ2v) is 4.88. The van der Waals surface area contributed by atoms with Crippen LogP contribution in [0.2, 0.25) is 0 Å². The fourth-order valence-electron chi connectivity index (χ4n) is 3.51. The second-order valence-electron chi connectivity index (χ2n) is 4.88. The predicted octanol–water partition coefficient (Wildman–Crippen LogP) is 1.58. The molecule has 2 nitrogen and oxygen atoms in total. The lowest BCUT2D eigenvalue weighted by Gasteiger charge is -2.35. The lowest BCUT2D eigenvalue weighted by atomic mass is 9.66. The summed E-state index contributed by atoms with van der Waals surface area (Å²) in [5.41, 5.74) is 0. The van der Waals surface area contributed by atoms with E-state index < -0.39 is 0 Å². The van der Waals surface area contributed by atoms with Crippen LogP contribution in [0, 0.1) is 23.7 Å². The van der Waals surface area contributed by atoms with Gasteiger partial charge in [-0.1, -0.05) is 0 Å². The molecule has 0 aromatic heterocycles. The molecule has 4 aliphatic rings. The largest absolute Gasteiger partial charge is 0.299 e. The Morgan fingerprint density at radius 3 is 1.54 bits per heavy atom. The van der Waals surface area contributed by atoms with Gasteiger partial charge in [-0.15, -0.1) is 0 Å². The third kappa shape index (κ3) is 0.946. The summed E-state index contributed by atoms with van der Waals surface area (Å²) in [5, 5.41) is 0. The van der Waals surface area contributed by atoms with Gasteiger partial charge in [-0.2, -0.15) is 0 Å². The first-order valence-corrected chi connectivity index (χ1v) is 5.33. The zero-order chi connectivity index (χ0) is 9.00. The van der Waals surface area contributed by atoms with Crippen molar-refractivity contribution in [1.82, 2.24) is 0 Å². The molecule has 0 unspecified atom stereocenters. The molecule has 4 aliphatic carbocycles. The van der Waals surface area contributed by atoms with Gasteiger partial charge >= 0.3 is 0 Å². The van der Waals surface area contributed by atoms with Crippen LogP contribution in [0.15, 0.2) is 0 Å². The number of rotatable bonds is 0. The SMILES string of the molecule is O=C1[C@@H]2C[C@@H]3C[C@H]1CC[C@H](C2)C3=O. The fraction of sp³-hybridized carbons (Fsp3) is 0.818. The van der Waals surface area contributed by atoms with Crippen LogP contribution >= 0.6 is 0 Å². The van der Waals surface area contributed by atoms with Crippen molar-refractivity contribution in [2.75, 3.05) is 0 Å². The zero-order valence-electron chi connectivity index (χ0n) is 7.66. The standard InChI is InChI=1S/C11H14O2/c12-10-6-1-2-7-4-9(10)5-8(3-6)11(7)13/h6-9H,1-5H2/t6-,7-,8+,9+/m1/s1. The minimum absolute atomic E-state index is 0.250. The molecule has 0 saturated heterocycles. The van der Waals surface area contributed by atoms with Gasteiger partial charge in [0.1, 0.15) is 11.6 Å². The zero-order valence-corrected chi connectivity index (χ0v) is 7.66. The summed E-state index contributed by atoms with van der Waals surface area (Å²) < 4.78 is 0. The molecule has 4 fully saturated rings. The number of carbonyl (C=O) groups excluding carboxylic acids is 2. The van der Waals surface area contributed by atoms with E-state index in [1.165, 1.54) is 0 Å². The van der Waals surface area contributed by atoms with Crippen molar-refractivity contribution in [2.24, 2.45) is 23.7 Å². The van der Waals surface area contributed by atoms with E-state index in [1.807, 2.05) is 0 Å². The van der Waals surface area contributed by atoms with Gasteiger partial charge in [-0.05, 0) is 32.1 Å². The molecule has 70 valence electrons. The average Bonchev–Trinajstić information content (AvgIpc) is 2.32. The van der Waals surface area contributed by atoms with Gasteiger partial charge in [0.2, 0.25) is 0 Å². The molecule has 0 aliphatic heterocycles. The quantitative estimate of drug-likeness (QED) is 0.564. The number of Topliss-reactive ketones (excluding diaryl/α,β-unsaturated/α-hetero) is 2. The monoisotopic (exact) mass is 178 g/mol. The van der Waals surface area contributed by atoms with E-state index in [0.29, 0.717) is 11.6 Å². The highest BCUT2D eigenvalue weighted by Gasteiger charge is 2.48. The smallest absolute Gasteiger partial charge is 0.139 e.